The molecular formula is C60H63Cl3LiN3O12S3. The van der Waals surface area contributed by atoms with Crippen LogP contribution in [0, 0.1) is 0 Å². The predicted octanol–water partition coefficient (Wildman–Crippen LogP) is 11.5. The van der Waals surface area contributed by atoms with Crippen LogP contribution < -0.4 is 28.3 Å². The fourth-order valence-electron chi connectivity index (χ4n) is 9.62. The molecular weight excluding hydrogens is 1160 g/mol. The molecule has 0 unspecified atom stereocenters. The van der Waals surface area contributed by atoms with E-state index in [1.54, 1.807) is 49.7 Å². The number of hydrogen-bond donors (Lipinski definition) is 3. The fraction of sp³-hybridized carbons (Fsp3) is 0.300. The maximum absolute atomic E-state index is 11.8. The molecule has 0 aliphatic heterocycles. The summed E-state index contributed by atoms with van der Waals surface area (Å²) in [6, 6.07) is 22.5. The van der Waals surface area contributed by atoms with Crippen molar-refractivity contribution in [1.82, 2.24) is 15.0 Å². The zero-order chi connectivity index (χ0) is 54.2. The summed E-state index contributed by atoms with van der Waals surface area (Å²) < 4.78 is 25.1. The molecule has 0 radical (unpaired) electrons. The Morgan fingerprint density at radius 3 is 1.38 bits per heavy atom. The number of rotatable bonds is 12. The quantitative estimate of drug-likeness (QED) is 0.0760. The Labute approximate surface area is 515 Å². The topological polar surface area (TPSA) is 249 Å². The van der Waals surface area contributed by atoms with Gasteiger partial charge in [0.2, 0.25) is 0 Å². The van der Waals surface area contributed by atoms with Crippen LogP contribution in [0.3, 0.4) is 0 Å². The van der Waals surface area contributed by atoms with Gasteiger partial charge in [0.25, 0.3) is 0 Å². The Balaban J connectivity index is 0.000000240. The van der Waals surface area contributed by atoms with Crippen LogP contribution in [0.1, 0.15) is 117 Å². The molecule has 3 atom stereocenters. The van der Waals surface area contributed by atoms with Gasteiger partial charge in [0, 0.05) is 82.6 Å². The fourth-order valence-corrected chi connectivity index (χ4v) is 13.8. The van der Waals surface area contributed by atoms with Gasteiger partial charge in [0.15, 0.2) is 0 Å². The number of aromatic nitrogens is 3. The van der Waals surface area contributed by atoms with Gasteiger partial charge in [-0.25, -0.2) is 0 Å². The molecule has 3 aliphatic carbocycles. The SMILES string of the molecule is C.C.CCOC(=O)Cc1csc2cc(O)cc(Cl)c12.CCOC(=O)Cc1csc2cc(O[C@H]3CCc4ncccc43)cc(Cl)c12.O.O=C(O)Cc1csc2cc(O[C@H]3CCc4ncccc43)cc(Cl)c12.O[C@@H]1CCc2ncccc21.[Li+].[OH-]. The van der Waals surface area contributed by atoms with Crippen molar-refractivity contribution >= 4 is 117 Å². The first-order valence-corrected chi connectivity index (χ1v) is 28.7. The van der Waals surface area contributed by atoms with Gasteiger partial charge in [0.1, 0.15) is 29.5 Å². The average Bonchev–Trinajstić information content (AvgIpc) is 4.40. The number of esters is 2. The maximum Gasteiger partial charge on any atom is 1.00 e. The van der Waals surface area contributed by atoms with Crippen LogP contribution >= 0.6 is 68.8 Å². The zero-order valence-corrected chi connectivity index (χ0v) is 48.5. The molecule has 430 valence electrons. The van der Waals surface area contributed by atoms with Crippen molar-refractivity contribution < 1.29 is 78.5 Å². The number of aliphatic carboxylic acids is 1. The first kappa shape index (κ1) is 68.6. The molecule has 0 spiro atoms. The largest absolute Gasteiger partial charge is 1.00 e. The summed E-state index contributed by atoms with van der Waals surface area (Å²) in [6.07, 6.45) is 11.0. The summed E-state index contributed by atoms with van der Waals surface area (Å²) in [6.45, 7) is 4.32. The van der Waals surface area contributed by atoms with Crippen LogP contribution in [-0.2, 0) is 62.4 Å². The number of pyridine rings is 3. The number of benzene rings is 3. The van der Waals surface area contributed by atoms with Crippen molar-refractivity contribution in [3.63, 3.8) is 0 Å². The minimum Gasteiger partial charge on any atom is -0.870 e. The van der Waals surface area contributed by atoms with Gasteiger partial charge >= 0.3 is 36.8 Å². The summed E-state index contributed by atoms with van der Waals surface area (Å²) >= 11 is 23.5. The van der Waals surface area contributed by atoms with Gasteiger partial charge in [-0.2, -0.15) is 0 Å². The Hall–Kier alpha value is -5.85. The van der Waals surface area contributed by atoms with Crippen LogP contribution in [0.4, 0.5) is 0 Å². The molecule has 0 saturated heterocycles. The number of halogens is 3. The van der Waals surface area contributed by atoms with E-state index >= 15 is 0 Å². The number of aryl methyl sites for hydroxylation is 3. The third kappa shape index (κ3) is 16.5. The molecule has 82 heavy (non-hydrogen) atoms. The molecule has 3 aromatic carbocycles. The molecule has 3 aliphatic rings. The third-order valence-electron chi connectivity index (χ3n) is 13.0. The van der Waals surface area contributed by atoms with E-state index in [1.165, 1.54) is 28.7 Å². The number of aromatic hydroxyl groups is 1. The number of carbonyl (C=O) groups is 3. The third-order valence-corrected chi connectivity index (χ3v) is 16.8. The number of thiophene rings is 3. The van der Waals surface area contributed by atoms with Gasteiger partial charge in [-0.15, -0.1) is 34.0 Å². The predicted molar refractivity (Wildman–Crippen MR) is 323 cm³/mol. The van der Waals surface area contributed by atoms with Crippen LogP contribution in [0.5, 0.6) is 17.2 Å². The first-order valence-electron chi connectivity index (χ1n) is 24.9. The van der Waals surface area contributed by atoms with Gasteiger partial charge < -0.3 is 45.2 Å². The molecule has 22 heteroatoms. The van der Waals surface area contributed by atoms with Gasteiger partial charge in [-0.1, -0.05) is 67.9 Å². The number of fused-ring (bicyclic) bond motifs is 6. The number of nitrogens with zero attached hydrogens (tertiary/aromatic N) is 3. The molecule has 15 nitrogen and oxygen atoms in total. The van der Waals surface area contributed by atoms with Crippen LogP contribution in [0.2, 0.25) is 15.1 Å². The summed E-state index contributed by atoms with van der Waals surface area (Å²) in [4.78, 5) is 47.1. The van der Waals surface area contributed by atoms with Crippen LogP contribution in [0.25, 0.3) is 30.3 Å². The minimum atomic E-state index is -0.860. The normalized spacial score (nSPS) is 14.8. The molecule has 6 N–H and O–H groups in total. The van der Waals surface area contributed by atoms with Crippen LogP contribution in [0.15, 0.2) is 108 Å². The summed E-state index contributed by atoms with van der Waals surface area (Å²) in [5.41, 5.74) is 9.05. The molecule has 6 aromatic heterocycles. The van der Waals surface area contributed by atoms with Crippen molar-refractivity contribution in [1.29, 1.82) is 0 Å². The monoisotopic (exact) mass is 1230 g/mol. The number of aliphatic hydroxyl groups is 1. The van der Waals surface area contributed by atoms with E-state index in [0.29, 0.717) is 34.0 Å². The number of phenolic OH excluding ortho intramolecular Hbond substituents is 1. The van der Waals surface area contributed by atoms with Crippen LogP contribution in [-0.4, -0.2) is 72.3 Å². The number of phenols is 1. The van der Waals surface area contributed by atoms with Crippen molar-refractivity contribution in [3.05, 3.63) is 173 Å². The maximum atomic E-state index is 11.8. The Kier molecular flexibility index (Phi) is 26.5. The number of carbonyl (C=O) groups excluding carboxylic acids is 2. The number of aliphatic hydroxyl groups excluding tert-OH is 1. The summed E-state index contributed by atoms with van der Waals surface area (Å²) in [5.74, 6) is 0.217. The van der Waals surface area contributed by atoms with Crippen molar-refractivity contribution in [2.45, 2.75) is 105 Å². The van der Waals surface area contributed by atoms with E-state index in [4.69, 9.17) is 58.9 Å². The summed E-state index contributed by atoms with van der Waals surface area (Å²) in [7, 11) is 0. The van der Waals surface area contributed by atoms with Gasteiger partial charge in [-0.05, 0) is 140 Å². The van der Waals surface area contributed by atoms with E-state index in [2.05, 4.69) is 27.1 Å². The van der Waals surface area contributed by atoms with Crippen molar-refractivity contribution in [2.24, 2.45) is 0 Å². The molecule has 12 rings (SSSR count). The second-order valence-corrected chi connectivity index (χ2v) is 22.1. The standard InChI is InChI=1S/C20H18ClNO3S.C18H14ClNO3S.C12H11ClO3S.C8H9NO.2CH4.Li.2H2O/c1-2-24-19(23)8-12-11-26-18-10-13(9-15(21)20(12)18)25-17-6-5-16-14(17)4-3-7-22-16;19-13-7-11(8-16-18(13)10(9-24-16)6-17(21)22)23-15-4-3-14-12(15)2-1-5-20-14;1-2-16-11(15)3-7-6-17-10-5-8(14)4-9(13)12(7)10;10-8-4-3-7-6(8)2-1-5-9-7;;;;;/h3-4,7,9-11,17H,2,5-6,8H2,1H3;1-2,5,7-9,15H,3-4,6H2,(H,21,22);4-6,14H,2-3H2,1H3;1-2,5,8,10H,3-4H2;2*1H4;;2*1H2/q;;;;;;+1;;/p-1/t17-;15-;;8-;;;;;/m00.1...../s1. The first-order chi connectivity index (χ1) is 37.3. The molecule has 9 aromatic rings. The number of hydrogen-bond acceptors (Lipinski definition) is 16. The molecule has 0 fully saturated rings. The van der Waals surface area contributed by atoms with Crippen molar-refractivity contribution in [3.8, 4) is 17.2 Å². The number of carboxylic acids is 1. The molecule has 0 amide bonds. The number of carboxylic acid groups (broad SMARTS) is 1. The van der Waals surface area contributed by atoms with Gasteiger partial charge in [-0.3, -0.25) is 29.3 Å². The van der Waals surface area contributed by atoms with E-state index in [-0.39, 0.29) is 99.9 Å². The van der Waals surface area contributed by atoms with Crippen molar-refractivity contribution in [2.75, 3.05) is 13.2 Å². The van der Waals surface area contributed by atoms with E-state index in [9.17, 15) is 24.6 Å². The van der Waals surface area contributed by atoms with E-state index in [0.717, 1.165) is 125 Å². The smallest absolute Gasteiger partial charge is 0.870 e. The van der Waals surface area contributed by atoms with E-state index in [1.807, 2.05) is 64.8 Å². The Morgan fingerprint density at radius 2 is 0.963 bits per heavy atom. The average molecular weight is 1230 g/mol. The summed E-state index contributed by atoms with van der Waals surface area (Å²) in [5, 5.41) is 37.6. The van der Waals surface area contributed by atoms with E-state index < -0.39 is 5.97 Å². The molecule has 6 heterocycles. The zero-order valence-electron chi connectivity index (χ0n) is 43.7. The Bertz CT molecular complexity index is 3620. The molecule has 0 bridgehead atoms. The molecule has 0 saturated carbocycles. The Morgan fingerprint density at radius 1 is 0.585 bits per heavy atom. The second-order valence-electron chi connectivity index (χ2n) is 18.1. The van der Waals surface area contributed by atoms with Gasteiger partial charge in [0.05, 0.1) is 53.6 Å². The minimum absolute atomic E-state index is 0. The second kappa shape index (κ2) is 31.7. The number of ether oxygens (including phenoxy) is 4.